The minimum Gasteiger partial charge on any atom is -0.302 e. The van der Waals surface area contributed by atoms with Crippen LogP contribution < -0.4 is 4.90 Å². The molecule has 188 valence electrons. The number of para-hydroxylation sites is 1. The first-order valence-electron chi connectivity index (χ1n) is 11.0. The summed E-state index contributed by atoms with van der Waals surface area (Å²) in [6.45, 7) is -0.832. The molecule has 0 aliphatic carbocycles. The second-order valence-electron chi connectivity index (χ2n) is 8.13. The molecule has 1 amide bonds. The lowest BCUT2D eigenvalue weighted by molar-refractivity contribution is -0.486. The van der Waals surface area contributed by atoms with Crippen molar-refractivity contribution in [3.8, 4) is 0 Å². The number of halogens is 1. The highest BCUT2D eigenvalue weighted by molar-refractivity contribution is 7.48. The van der Waals surface area contributed by atoms with Crippen LogP contribution in [0.2, 0.25) is 0 Å². The zero-order valence-corrected chi connectivity index (χ0v) is 20.5. The van der Waals surface area contributed by atoms with Gasteiger partial charge in [0.05, 0.1) is 18.2 Å². The summed E-state index contributed by atoms with van der Waals surface area (Å²) in [5.74, 6) is -2.86. The summed E-state index contributed by atoms with van der Waals surface area (Å²) in [4.78, 5) is 26.8. The summed E-state index contributed by atoms with van der Waals surface area (Å²) in [5, 5.41) is 11.9. The lowest BCUT2D eigenvalue weighted by Gasteiger charge is -2.36. The Morgan fingerprint density at radius 1 is 1.00 bits per heavy atom. The van der Waals surface area contributed by atoms with Crippen molar-refractivity contribution in [2.45, 2.75) is 18.1 Å². The number of rotatable bonds is 10. The molecule has 0 fully saturated rings. The van der Waals surface area contributed by atoms with Crippen LogP contribution in [-0.2, 0) is 35.1 Å². The molecule has 2 atom stereocenters. The number of hydrogen-bond donors (Lipinski definition) is 0. The van der Waals surface area contributed by atoms with E-state index in [1.165, 1.54) is 18.2 Å². The molecule has 11 heteroatoms. The number of phosphoric acid groups is 1. The molecule has 0 radical (unpaired) electrons. The van der Waals surface area contributed by atoms with Crippen LogP contribution in [0.1, 0.15) is 22.6 Å². The highest BCUT2D eigenvalue weighted by atomic mass is 31.2. The van der Waals surface area contributed by atoms with Gasteiger partial charge < -0.3 is 4.90 Å². The largest absolute Gasteiger partial charge is 0.475 e. The van der Waals surface area contributed by atoms with Gasteiger partial charge in [-0.05, 0) is 17.2 Å². The third-order valence-electron chi connectivity index (χ3n) is 6.13. The van der Waals surface area contributed by atoms with Crippen molar-refractivity contribution in [1.29, 1.82) is 0 Å². The van der Waals surface area contributed by atoms with Gasteiger partial charge in [-0.15, -0.1) is 0 Å². The molecule has 0 bridgehead atoms. The zero-order valence-electron chi connectivity index (χ0n) is 19.6. The maximum Gasteiger partial charge on any atom is 0.475 e. The number of benzene rings is 3. The molecule has 3 aromatic carbocycles. The van der Waals surface area contributed by atoms with Crippen LogP contribution in [0.25, 0.3) is 0 Å². The molecule has 0 unspecified atom stereocenters. The van der Waals surface area contributed by atoms with Gasteiger partial charge >= 0.3 is 7.82 Å². The Kier molecular flexibility index (Phi) is 7.33. The Bertz CT molecular complexity index is 1300. The summed E-state index contributed by atoms with van der Waals surface area (Å²) in [7, 11) is -2.29. The fourth-order valence-electron chi connectivity index (χ4n) is 4.54. The molecular weight excluding hydrogens is 490 g/mol. The maximum atomic E-state index is 15.4. The van der Waals surface area contributed by atoms with E-state index < -0.39 is 42.5 Å². The van der Waals surface area contributed by atoms with Crippen molar-refractivity contribution >= 4 is 19.4 Å². The number of fused-ring (bicyclic) bond motifs is 1. The number of anilines is 1. The van der Waals surface area contributed by atoms with E-state index >= 15 is 4.39 Å². The molecule has 0 aromatic heterocycles. The number of carbonyl (C=O) groups excluding carboxylic acids is 1. The summed E-state index contributed by atoms with van der Waals surface area (Å²) in [6.07, 6.45) is 0. The highest BCUT2D eigenvalue weighted by Crippen LogP contribution is 2.61. The van der Waals surface area contributed by atoms with Gasteiger partial charge in [0.15, 0.2) is 5.60 Å². The normalized spacial score (nSPS) is 18.2. The van der Waals surface area contributed by atoms with E-state index in [0.717, 1.165) is 19.1 Å². The molecule has 1 aliphatic rings. The lowest BCUT2D eigenvalue weighted by atomic mass is 9.78. The Hall–Kier alpha value is -3.43. The van der Waals surface area contributed by atoms with E-state index in [4.69, 9.17) is 13.6 Å². The van der Waals surface area contributed by atoms with Gasteiger partial charge in [-0.2, -0.15) is 0 Å². The number of nitrogens with zero attached hydrogens (tertiary/aromatic N) is 2. The van der Waals surface area contributed by atoms with Crippen molar-refractivity contribution in [2.75, 3.05) is 25.7 Å². The van der Waals surface area contributed by atoms with Crippen molar-refractivity contribution in [3.05, 3.63) is 111 Å². The predicted molar refractivity (Wildman–Crippen MR) is 129 cm³/mol. The van der Waals surface area contributed by atoms with E-state index in [1.807, 2.05) is 0 Å². The fraction of sp³-hybridized carbons (Fsp3) is 0.240. The Balaban J connectivity index is 2.01. The van der Waals surface area contributed by atoms with E-state index in [1.54, 1.807) is 60.7 Å². The molecule has 9 nitrogen and oxygen atoms in total. The van der Waals surface area contributed by atoms with Crippen LogP contribution >= 0.6 is 7.82 Å². The molecular formula is C25H24FN2O7P. The van der Waals surface area contributed by atoms with Gasteiger partial charge in [-0.3, -0.25) is 28.5 Å². The molecule has 0 saturated carbocycles. The highest BCUT2D eigenvalue weighted by Gasteiger charge is 2.63. The molecule has 1 heterocycles. The second-order valence-corrected chi connectivity index (χ2v) is 9.94. The molecule has 4 rings (SSSR count). The standard InChI is InChI=1S/C25H24FN2O7P/c1-33-36(32,34-2)35-25(21(17-28(30)31)19-12-7-4-8-13-19)20-14-9-15-22(26)23(20)27(24(25)29)16-18-10-5-3-6-11-18/h3-15,21H,16-17H2,1-2H3/t21-,25-/m1/s1. The quantitative estimate of drug-likeness (QED) is 0.212. The number of nitro groups is 1. The predicted octanol–water partition coefficient (Wildman–Crippen LogP) is 5.05. The average Bonchev–Trinajstić information content (AvgIpc) is 3.12. The first-order valence-corrected chi connectivity index (χ1v) is 12.5. The maximum absolute atomic E-state index is 15.4. The summed E-state index contributed by atoms with van der Waals surface area (Å²) in [5.41, 5.74) is -1.37. The monoisotopic (exact) mass is 514 g/mol. The van der Waals surface area contributed by atoms with Gasteiger partial charge in [0.1, 0.15) is 5.82 Å². The minimum absolute atomic E-state index is 0.00606. The molecule has 1 aliphatic heterocycles. The average molecular weight is 514 g/mol. The summed E-state index contributed by atoms with van der Waals surface area (Å²) < 4.78 is 44.6. The minimum atomic E-state index is -4.42. The van der Waals surface area contributed by atoms with Crippen LogP contribution in [-0.4, -0.2) is 31.6 Å². The van der Waals surface area contributed by atoms with Crippen LogP contribution in [0.4, 0.5) is 10.1 Å². The third kappa shape index (κ3) is 4.56. The number of carbonyl (C=O) groups is 1. The van der Waals surface area contributed by atoms with E-state index in [9.17, 15) is 19.5 Å². The van der Waals surface area contributed by atoms with Crippen LogP contribution in [0.3, 0.4) is 0 Å². The SMILES string of the molecule is COP(=O)(OC)O[C@]1([C@H](C[N+](=O)[O-])c2ccccc2)C(=O)N(Cc2ccccc2)c2c(F)cccc21. The van der Waals surface area contributed by atoms with Crippen molar-refractivity contribution in [2.24, 2.45) is 0 Å². The van der Waals surface area contributed by atoms with Gasteiger partial charge in [-0.25, -0.2) is 8.96 Å². The van der Waals surface area contributed by atoms with Gasteiger partial charge in [0, 0.05) is 24.7 Å². The molecule has 0 N–H and O–H groups in total. The van der Waals surface area contributed by atoms with Gasteiger partial charge in [0.25, 0.3) is 5.91 Å². The molecule has 0 spiro atoms. The molecule has 36 heavy (non-hydrogen) atoms. The van der Waals surface area contributed by atoms with Gasteiger partial charge in [-0.1, -0.05) is 72.8 Å². The van der Waals surface area contributed by atoms with Crippen molar-refractivity contribution in [3.63, 3.8) is 0 Å². The summed E-state index contributed by atoms with van der Waals surface area (Å²) in [6, 6.07) is 21.0. The third-order valence-corrected chi connectivity index (χ3v) is 7.54. The summed E-state index contributed by atoms with van der Waals surface area (Å²) >= 11 is 0. The Morgan fingerprint density at radius 2 is 1.61 bits per heavy atom. The van der Waals surface area contributed by atoms with Crippen LogP contribution in [0.5, 0.6) is 0 Å². The lowest BCUT2D eigenvalue weighted by Crippen LogP contribution is -2.48. The zero-order chi connectivity index (χ0) is 25.9. The van der Waals surface area contributed by atoms with Crippen molar-refractivity contribution in [1.82, 2.24) is 0 Å². The number of hydrogen-bond acceptors (Lipinski definition) is 7. The fourth-order valence-corrected chi connectivity index (χ4v) is 5.50. The van der Waals surface area contributed by atoms with Crippen LogP contribution in [0, 0.1) is 15.9 Å². The molecule has 3 aromatic rings. The smallest absolute Gasteiger partial charge is 0.302 e. The van der Waals surface area contributed by atoms with Gasteiger partial charge in [0.2, 0.25) is 6.54 Å². The Morgan fingerprint density at radius 3 is 2.19 bits per heavy atom. The van der Waals surface area contributed by atoms with Crippen molar-refractivity contribution < 1.29 is 32.2 Å². The van der Waals surface area contributed by atoms with E-state index in [2.05, 4.69) is 0 Å². The Labute approximate surface area is 207 Å². The molecule has 0 saturated heterocycles. The van der Waals surface area contributed by atoms with Crippen LogP contribution in [0.15, 0.2) is 78.9 Å². The van der Waals surface area contributed by atoms with E-state index in [-0.39, 0.29) is 17.8 Å². The second kappa shape index (κ2) is 10.3. The topological polar surface area (TPSA) is 108 Å². The van der Waals surface area contributed by atoms with E-state index in [0.29, 0.717) is 11.1 Å². The number of phosphoric ester groups is 1. The first-order chi connectivity index (χ1) is 17.3. The number of amides is 1. The first kappa shape index (κ1) is 25.7.